The third-order valence-electron chi connectivity index (χ3n) is 5.58. The van der Waals surface area contributed by atoms with E-state index in [-0.39, 0.29) is 12.6 Å². The summed E-state index contributed by atoms with van der Waals surface area (Å²) in [5.74, 6) is -0.0370. The maximum atomic E-state index is 12.9. The zero-order valence-corrected chi connectivity index (χ0v) is 20.5. The minimum atomic E-state index is -0.845. The SMILES string of the molecule is CCCOc1ccccc1C=C1C(C(=O)C=O)NCN1C(=O)CCc1ccccc1.c1ccccc1. The number of carbonyl (C=O) groups is 3. The van der Waals surface area contributed by atoms with Crippen LogP contribution in [0.25, 0.3) is 6.08 Å². The number of ether oxygens (including phenoxy) is 1. The fourth-order valence-corrected chi connectivity index (χ4v) is 3.76. The van der Waals surface area contributed by atoms with Crippen LogP contribution < -0.4 is 10.1 Å². The van der Waals surface area contributed by atoms with Gasteiger partial charge >= 0.3 is 0 Å². The van der Waals surface area contributed by atoms with Gasteiger partial charge in [0.2, 0.25) is 11.7 Å². The zero-order valence-electron chi connectivity index (χ0n) is 20.5. The first-order valence-electron chi connectivity index (χ1n) is 12.1. The average Bonchev–Trinajstić information content (AvgIpc) is 3.36. The number of aldehydes is 1. The van der Waals surface area contributed by atoms with Crippen LogP contribution in [0.5, 0.6) is 5.75 Å². The minimum Gasteiger partial charge on any atom is -0.493 e. The van der Waals surface area contributed by atoms with Crippen LogP contribution in [0.2, 0.25) is 0 Å². The Kier molecular flexibility index (Phi) is 10.6. The Hall–Kier alpha value is -4.03. The van der Waals surface area contributed by atoms with Gasteiger partial charge in [-0.1, -0.05) is 91.9 Å². The molecule has 6 nitrogen and oxygen atoms in total. The number of rotatable bonds is 9. The molecule has 1 amide bonds. The molecule has 4 rings (SSSR count). The van der Waals surface area contributed by atoms with E-state index >= 15 is 0 Å². The summed E-state index contributed by atoms with van der Waals surface area (Å²) in [5.41, 5.74) is 2.30. The first-order valence-corrected chi connectivity index (χ1v) is 12.1. The van der Waals surface area contributed by atoms with E-state index < -0.39 is 11.8 Å². The second-order valence-electron chi connectivity index (χ2n) is 8.23. The molecule has 0 aromatic heterocycles. The minimum absolute atomic E-state index is 0.106. The van der Waals surface area contributed by atoms with Crippen LogP contribution in [0.4, 0.5) is 0 Å². The van der Waals surface area contributed by atoms with Crippen molar-refractivity contribution in [1.29, 1.82) is 0 Å². The third-order valence-corrected chi connectivity index (χ3v) is 5.58. The zero-order chi connectivity index (χ0) is 25.6. The Morgan fingerprint density at radius 1 is 0.944 bits per heavy atom. The highest BCUT2D eigenvalue weighted by Gasteiger charge is 2.35. The predicted molar refractivity (Wildman–Crippen MR) is 141 cm³/mol. The third kappa shape index (κ3) is 7.75. The lowest BCUT2D eigenvalue weighted by Crippen LogP contribution is -2.32. The number of hydrogen-bond donors (Lipinski definition) is 1. The van der Waals surface area contributed by atoms with E-state index in [0.29, 0.717) is 37.2 Å². The summed E-state index contributed by atoms with van der Waals surface area (Å²) in [5, 5.41) is 2.98. The van der Waals surface area contributed by atoms with Gasteiger partial charge in [-0.3, -0.25) is 19.7 Å². The lowest BCUT2D eigenvalue weighted by molar-refractivity contribution is -0.130. The number of Topliss-reactive ketones (excluding diaryl/α,β-unsaturated/α-hetero) is 1. The van der Waals surface area contributed by atoms with Crippen molar-refractivity contribution in [3.8, 4) is 5.75 Å². The summed E-state index contributed by atoms with van der Waals surface area (Å²) in [4.78, 5) is 37.8. The lowest BCUT2D eigenvalue weighted by atomic mass is 10.1. The molecule has 1 unspecified atom stereocenters. The molecule has 36 heavy (non-hydrogen) atoms. The quantitative estimate of drug-likeness (QED) is 0.353. The molecule has 1 fully saturated rings. The van der Waals surface area contributed by atoms with E-state index in [0.717, 1.165) is 17.5 Å². The number of nitrogens with zero attached hydrogens (tertiary/aromatic N) is 1. The van der Waals surface area contributed by atoms with Crippen LogP contribution in [-0.2, 0) is 20.8 Å². The second kappa shape index (κ2) is 14.4. The van der Waals surface area contributed by atoms with E-state index in [9.17, 15) is 14.4 Å². The topological polar surface area (TPSA) is 75.7 Å². The molecular formula is C30H32N2O4. The van der Waals surface area contributed by atoms with Crippen molar-refractivity contribution in [2.45, 2.75) is 32.2 Å². The van der Waals surface area contributed by atoms with Crippen LogP contribution in [0.15, 0.2) is 96.7 Å². The number of carbonyl (C=O) groups excluding carboxylic acids is 3. The average molecular weight is 485 g/mol. The predicted octanol–water partition coefficient (Wildman–Crippen LogP) is 4.66. The molecule has 1 heterocycles. The van der Waals surface area contributed by atoms with E-state index in [4.69, 9.17) is 4.74 Å². The lowest BCUT2D eigenvalue weighted by Gasteiger charge is -2.19. The van der Waals surface area contributed by atoms with Crippen LogP contribution >= 0.6 is 0 Å². The van der Waals surface area contributed by atoms with Gasteiger partial charge in [-0.2, -0.15) is 0 Å². The van der Waals surface area contributed by atoms with Crippen molar-refractivity contribution in [3.05, 3.63) is 108 Å². The number of aryl methyl sites for hydroxylation is 1. The van der Waals surface area contributed by atoms with Gasteiger partial charge in [-0.15, -0.1) is 0 Å². The van der Waals surface area contributed by atoms with Crippen molar-refractivity contribution >= 4 is 24.1 Å². The van der Waals surface area contributed by atoms with Crippen LogP contribution in [0.1, 0.15) is 30.9 Å². The van der Waals surface area contributed by atoms with Crippen molar-refractivity contribution in [2.75, 3.05) is 13.3 Å². The number of benzene rings is 3. The second-order valence-corrected chi connectivity index (χ2v) is 8.23. The van der Waals surface area contributed by atoms with Crippen LogP contribution in [0, 0.1) is 0 Å². The van der Waals surface area contributed by atoms with E-state index in [1.165, 1.54) is 0 Å². The molecule has 1 saturated heterocycles. The number of hydrogen-bond acceptors (Lipinski definition) is 5. The smallest absolute Gasteiger partial charge is 0.228 e. The highest BCUT2D eigenvalue weighted by Crippen LogP contribution is 2.26. The molecular weight excluding hydrogens is 452 g/mol. The molecule has 6 heteroatoms. The van der Waals surface area contributed by atoms with Crippen LogP contribution in [-0.4, -0.2) is 42.2 Å². The molecule has 0 aliphatic carbocycles. The van der Waals surface area contributed by atoms with Gasteiger partial charge in [-0.05, 0) is 30.5 Å². The molecule has 1 atom stereocenters. The molecule has 1 N–H and O–H groups in total. The van der Waals surface area contributed by atoms with Gasteiger partial charge in [0.25, 0.3) is 0 Å². The summed E-state index contributed by atoms with van der Waals surface area (Å²) in [7, 11) is 0. The molecule has 186 valence electrons. The monoisotopic (exact) mass is 484 g/mol. The highest BCUT2D eigenvalue weighted by molar-refractivity contribution is 6.28. The van der Waals surface area contributed by atoms with Crippen molar-refractivity contribution in [3.63, 3.8) is 0 Å². The Bertz CT molecular complexity index is 1120. The summed E-state index contributed by atoms with van der Waals surface area (Å²) in [6.45, 7) is 2.77. The Balaban J connectivity index is 0.000000526. The van der Waals surface area contributed by atoms with Gasteiger partial charge in [0.05, 0.1) is 13.3 Å². The van der Waals surface area contributed by atoms with Crippen molar-refractivity contribution < 1.29 is 19.1 Å². The largest absolute Gasteiger partial charge is 0.493 e. The van der Waals surface area contributed by atoms with Crippen LogP contribution in [0.3, 0.4) is 0 Å². The molecule has 3 aromatic rings. The van der Waals surface area contributed by atoms with E-state index in [2.05, 4.69) is 5.32 Å². The van der Waals surface area contributed by atoms with E-state index in [1.807, 2.05) is 97.9 Å². The molecule has 0 bridgehead atoms. The van der Waals surface area contributed by atoms with Gasteiger partial charge in [0.15, 0.2) is 6.29 Å². The molecule has 3 aromatic carbocycles. The standard InChI is InChI=1S/C24H26N2O4.C6H6/c1-2-14-30-22-11-7-6-10-19(22)15-20-24(21(28)16-27)25-17-26(20)23(29)13-12-18-8-4-3-5-9-18;1-2-4-6-5-3-1/h3-11,15-16,24-25H,2,12-14,17H2,1H3;1-6H. The first-order chi connectivity index (χ1) is 17.6. The fraction of sp³-hybridized carbons (Fsp3) is 0.233. The van der Waals surface area contributed by atoms with Gasteiger partial charge in [0.1, 0.15) is 11.8 Å². The number of ketones is 1. The van der Waals surface area contributed by atoms with Gasteiger partial charge in [0, 0.05) is 17.7 Å². The summed E-state index contributed by atoms with van der Waals surface area (Å²) in [6.07, 6.45) is 3.83. The normalized spacial score (nSPS) is 15.6. The van der Waals surface area contributed by atoms with Gasteiger partial charge < -0.3 is 9.64 Å². The summed E-state index contributed by atoms with van der Waals surface area (Å²) in [6, 6.07) is 28.4. The van der Waals surface area contributed by atoms with Gasteiger partial charge in [-0.25, -0.2) is 0 Å². The molecule has 0 saturated carbocycles. The number of para-hydroxylation sites is 1. The molecule has 0 spiro atoms. The van der Waals surface area contributed by atoms with E-state index in [1.54, 1.807) is 11.0 Å². The summed E-state index contributed by atoms with van der Waals surface area (Å²) >= 11 is 0. The first kappa shape index (κ1) is 26.6. The maximum absolute atomic E-state index is 12.9. The fourth-order valence-electron chi connectivity index (χ4n) is 3.76. The number of amides is 1. The molecule has 1 aliphatic rings. The Morgan fingerprint density at radius 2 is 1.56 bits per heavy atom. The van der Waals surface area contributed by atoms with Crippen molar-refractivity contribution in [2.24, 2.45) is 0 Å². The molecule has 0 radical (unpaired) electrons. The maximum Gasteiger partial charge on any atom is 0.228 e. The Labute approximate surface area is 212 Å². The van der Waals surface area contributed by atoms with Crippen molar-refractivity contribution in [1.82, 2.24) is 10.2 Å². The molecule has 1 aliphatic heterocycles. The Morgan fingerprint density at radius 3 is 2.19 bits per heavy atom. The highest BCUT2D eigenvalue weighted by atomic mass is 16.5. The summed E-state index contributed by atoms with van der Waals surface area (Å²) < 4.78 is 5.80. The number of nitrogens with one attached hydrogen (secondary N) is 1.